The minimum absolute atomic E-state index is 0.0281. The van der Waals surface area contributed by atoms with Gasteiger partial charge in [0.1, 0.15) is 29.8 Å². The molecule has 0 saturated carbocycles. The number of hydrogen-bond donors (Lipinski definition) is 1. The lowest BCUT2D eigenvalue weighted by Crippen LogP contribution is -2.35. The van der Waals surface area contributed by atoms with Crippen LogP contribution in [0.1, 0.15) is 67.4 Å². The average molecular weight is 649 g/mol. The number of ether oxygens (including phenoxy) is 2. The largest absolute Gasteiger partial charge is 0.489 e. The van der Waals surface area contributed by atoms with Crippen molar-refractivity contribution in [2.75, 3.05) is 13.2 Å². The van der Waals surface area contributed by atoms with Gasteiger partial charge in [-0.1, -0.05) is 37.0 Å². The van der Waals surface area contributed by atoms with Crippen LogP contribution in [0.3, 0.4) is 0 Å². The van der Waals surface area contributed by atoms with Crippen molar-refractivity contribution in [3.63, 3.8) is 0 Å². The Morgan fingerprint density at radius 3 is 2.69 bits per heavy atom. The highest BCUT2D eigenvalue weighted by molar-refractivity contribution is 6.35. The molecule has 0 bridgehead atoms. The van der Waals surface area contributed by atoms with Crippen LogP contribution >= 0.6 is 23.2 Å². The lowest BCUT2D eigenvalue weighted by atomic mass is 9.89. The summed E-state index contributed by atoms with van der Waals surface area (Å²) in [7, 11) is 0. The van der Waals surface area contributed by atoms with E-state index in [4.69, 9.17) is 37.8 Å². The number of carbonyl (C=O) groups excluding carboxylic acids is 2. The molecule has 0 spiro atoms. The van der Waals surface area contributed by atoms with Crippen molar-refractivity contribution in [1.82, 2.24) is 25.1 Å². The number of rotatable bonds is 10. The Morgan fingerprint density at radius 2 is 2.00 bits per heavy atom. The highest BCUT2D eigenvalue weighted by Gasteiger charge is 2.26. The van der Waals surface area contributed by atoms with Gasteiger partial charge < -0.3 is 14.8 Å². The fourth-order valence-electron chi connectivity index (χ4n) is 5.08. The Labute approximate surface area is 270 Å². The van der Waals surface area contributed by atoms with E-state index in [9.17, 15) is 14.9 Å². The SMILES string of the molecule is C=NC(=O)CC(C)(C)CNC(=O)c1ncc(-c2nn(C3CCCCO3)c3ccc(OCc4c(Cl)cncc4Cl)cc23)cc1C#N. The Balaban J connectivity index is 1.47. The maximum absolute atomic E-state index is 13.1. The Hall–Kier alpha value is -4.37. The quantitative estimate of drug-likeness (QED) is 0.197. The molecule has 11 nitrogen and oxygen atoms in total. The van der Waals surface area contributed by atoms with Crippen molar-refractivity contribution in [2.45, 2.75) is 52.4 Å². The topological polar surface area (TPSA) is 144 Å². The molecule has 1 N–H and O–H groups in total. The van der Waals surface area contributed by atoms with Crippen LogP contribution in [0.4, 0.5) is 0 Å². The number of nitrogens with zero attached hydrogens (tertiary/aromatic N) is 6. The summed E-state index contributed by atoms with van der Waals surface area (Å²) in [5, 5.41) is 19.2. The highest BCUT2D eigenvalue weighted by atomic mass is 35.5. The second-order valence-corrected chi connectivity index (χ2v) is 12.3. The first-order valence-corrected chi connectivity index (χ1v) is 15.1. The van der Waals surface area contributed by atoms with Gasteiger partial charge in [-0.3, -0.25) is 14.6 Å². The van der Waals surface area contributed by atoms with E-state index in [2.05, 4.69) is 33.1 Å². The minimum atomic E-state index is -0.568. The molecule has 45 heavy (non-hydrogen) atoms. The fourth-order valence-corrected chi connectivity index (χ4v) is 5.56. The zero-order valence-electron chi connectivity index (χ0n) is 24.8. The van der Waals surface area contributed by atoms with Crippen LogP contribution in [0, 0.1) is 16.7 Å². The van der Waals surface area contributed by atoms with E-state index in [-0.39, 0.29) is 43.0 Å². The van der Waals surface area contributed by atoms with Crippen molar-refractivity contribution in [1.29, 1.82) is 5.26 Å². The molecule has 232 valence electrons. The van der Waals surface area contributed by atoms with Crippen molar-refractivity contribution in [2.24, 2.45) is 10.4 Å². The number of nitrogens with one attached hydrogen (secondary N) is 1. The van der Waals surface area contributed by atoms with Gasteiger partial charge in [0, 0.05) is 54.7 Å². The Kier molecular flexibility index (Phi) is 9.77. The summed E-state index contributed by atoms with van der Waals surface area (Å²) >= 11 is 12.6. The summed E-state index contributed by atoms with van der Waals surface area (Å²) in [6, 6.07) is 9.28. The van der Waals surface area contributed by atoms with Crippen LogP contribution in [0.25, 0.3) is 22.2 Å². The molecule has 1 aliphatic rings. The third-order valence-electron chi connectivity index (χ3n) is 7.47. The van der Waals surface area contributed by atoms with Crippen LogP contribution in [0.2, 0.25) is 10.0 Å². The molecule has 1 atom stereocenters. The highest BCUT2D eigenvalue weighted by Crippen LogP contribution is 2.36. The zero-order chi connectivity index (χ0) is 32.1. The van der Waals surface area contributed by atoms with Gasteiger partial charge >= 0.3 is 0 Å². The van der Waals surface area contributed by atoms with Crippen LogP contribution in [-0.4, -0.2) is 51.4 Å². The van der Waals surface area contributed by atoms with E-state index in [1.807, 2.05) is 36.7 Å². The summed E-state index contributed by atoms with van der Waals surface area (Å²) in [5.74, 6) is -0.340. The third kappa shape index (κ3) is 7.31. The number of carbonyl (C=O) groups is 2. The molecule has 1 aromatic carbocycles. The molecule has 0 radical (unpaired) electrons. The minimum Gasteiger partial charge on any atom is -0.489 e. The van der Waals surface area contributed by atoms with Crippen molar-refractivity contribution < 1.29 is 19.1 Å². The summed E-state index contributed by atoms with van der Waals surface area (Å²) < 4.78 is 14.0. The van der Waals surface area contributed by atoms with E-state index in [0.717, 1.165) is 30.2 Å². The van der Waals surface area contributed by atoms with Crippen molar-refractivity contribution in [3.05, 3.63) is 69.7 Å². The second-order valence-electron chi connectivity index (χ2n) is 11.5. The van der Waals surface area contributed by atoms with E-state index in [1.54, 1.807) is 6.07 Å². The maximum Gasteiger partial charge on any atom is 0.271 e. The van der Waals surface area contributed by atoms with E-state index < -0.39 is 11.3 Å². The Bertz CT molecular complexity index is 1790. The van der Waals surface area contributed by atoms with E-state index in [0.29, 0.717) is 39.2 Å². The molecule has 5 rings (SSSR count). The fraction of sp³-hybridized carbons (Fsp3) is 0.344. The van der Waals surface area contributed by atoms with E-state index in [1.165, 1.54) is 18.6 Å². The third-order valence-corrected chi connectivity index (χ3v) is 8.12. The normalized spacial score (nSPS) is 15.0. The van der Waals surface area contributed by atoms with Gasteiger partial charge in [-0.25, -0.2) is 14.7 Å². The first-order valence-electron chi connectivity index (χ1n) is 14.3. The molecule has 4 aromatic rings. The molecule has 3 aromatic heterocycles. The summed E-state index contributed by atoms with van der Waals surface area (Å²) in [6.07, 6.45) is 7.19. The smallest absolute Gasteiger partial charge is 0.271 e. The van der Waals surface area contributed by atoms with Gasteiger partial charge in [-0.05, 0) is 55.7 Å². The number of nitriles is 1. The summed E-state index contributed by atoms with van der Waals surface area (Å²) in [5.41, 5.74) is 2.01. The molecule has 1 saturated heterocycles. The van der Waals surface area contributed by atoms with Crippen molar-refractivity contribution >= 4 is 52.6 Å². The number of aliphatic imine (C=N–C) groups is 1. The van der Waals surface area contributed by atoms with Gasteiger partial charge in [-0.15, -0.1) is 0 Å². The van der Waals surface area contributed by atoms with Crippen LogP contribution in [0.15, 0.2) is 47.8 Å². The Morgan fingerprint density at radius 1 is 1.22 bits per heavy atom. The van der Waals surface area contributed by atoms with Gasteiger partial charge in [-0.2, -0.15) is 10.4 Å². The molecule has 0 aliphatic carbocycles. The second kappa shape index (κ2) is 13.7. The number of benzene rings is 1. The molecular formula is C32H31Cl2N7O4. The number of amides is 2. The molecule has 1 unspecified atom stereocenters. The predicted octanol–water partition coefficient (Wildman–Crippen LogP) is 6.32. The summed E-state index contributed by atoms with van der Waals surface area (Å²) in [4.78, 5) is 36.6. The molecule has 13 heteroatoms. The molecule has 1 fully saturated rings. The zero-order valence-corrected chi connectivity index (χ0v) is 26.4. The number of pyridine rings is 2. The standard InChI is InChI=1S/C32H31Cl2N7O4/c1-32(2,12-27(42)36-3)18-39-31(43)30-19(13-35)10-20(14-38-30)29-22-11-21(45-17-23-24(33)15-37-16-25(23)34)7-8-26(22)41(40-29)28-6-4-5-9-44-28/h7-8,10-11,14-16,28H,3-6,9,12,17-18H2,1-2H3,(H,39,43). The summed E-state index contributed by atoms with van der Waals surface area (Å²) in [6.45, 7) is 7.85. The van der Waals surface area contributed by atoms with Gasteiger partial charge in [0.05, 0.1) is 21.1 Å². The van der Waals surface area contributed by atoms with Crippen molar-refractivity contribution in [3.8, 4) is 23.1 Å². The lowest BCUT2D eigenvalue weighted by molar-refractivity contribution is -0.119. The maximum atomic E-state index is 13.1. The molecular weight excluding hydrogens is 617 g/mol. The van der Waals surface area contributed by atoms with Gasteiger partial charge in [0.25, 0.3) is 5.91 Å². The average Bonchev–Trinajstić information content (AvgIpc) is 3.42. The van der Waals surface area contributed by atoms with Gasteiger partial charge in [0.15, 0.2) is 6.23 Å². The molecule has 2 amide bonds. The van der Waals surface area contributed by atoms with Crippen LogP contribution in [0.5, 0.6) is 5.75 Å². The predicted molar refractivity (Wildman–Crippen MR) is 170 cm³/mol. The van der Waals surface area contributed by atoms with E-state index >= 15 is 0 Å². The number of aromatic nitrogens is 4. The monoisotopic (exact) mass is 647 g/mol. The first-order chi connectivity index (χ1) is 21.6. The number of halogens is 2. The van der Waals surface area contributed by atoms with Crippen LogP contribution in [-0.2, 0) is 16.1 Å². The molecule has 4 heterocycles. The first kappa shape index (κ1) is 32.0. The number of fused-ring (bicyclic) bond motifs is 1. The molecule has 1 aliphatic heterocycles. The van der Waals surface area contributed by atoms with Crippen LogP contribution < -0.4 is 10.1 Å². The lowest BCUT2D eigenvalue weighted by Gasteiger charge is -2.23. The van der Waals surface area contributed by atoms with Gasteiger partial charge in [0.2, 0.25) is 5.91 Å². The number of hydrogen-bond acceptors (Lipinski definition) is 8.